The Morgan fingerprint density at radius 3 is 0.667 bits per heavy atom. The molecule has 0 saturated heterocycles. The summed E-state index contributed by atoms with van der Waals surface area (Å²) in [6, 6.07) is 0. The Hall–Kier alpha value is -1.42. The van der Waals surface area contributed by atoms with Gasteiger partial charge in [-0.3, -0.25) is 4.46 Å². The van der Waals surface area contributed by atoms with Crippen molar-refractivity contribution < 1.29 is 14.1 Å². The summed E-state index contributed by atoms with van der Waals surface area (Å²) in [5.74, 6) is 0. The Balaban J connectivity index is -0.0000000181. The van der Waals surface area contributed by atoms with E-state index in [2.05, 4.69) is 52.6 Å². The van der Waals surface area contributed by atoms with Crippen molar-refractivity contribution in [2.75, 3.05) is 0 Å². The van der Waals surface area contributed by atoms with Gasteiger partial charge in [-0.05, 0) is 0 Å². The van der Waals surface area contributed by atoms with Gasteiger partial charge in [-0.2, -0.15) is 0 Å². The van der Waals surface area contributed by atoms with E-state index in [4.69, 9.17) is 14.1 Å². The highest BCUT2D eigenvalue weighted by molar-refractivity contribution is 6.22. The standard InChI is InChI=1S/4C2H4.H2O3Si/c4*1-2;1-4(2)3/h4*1-2H2;1-2H. The minimum absolute atomic E-state index is 3.00. The summed E-state index contributed by atoms with van der Waals surface area (Å²) < 4.78 is 8.74. The minimum Gasteiger partial charge on any atom is -0.511 e. The van der Waals surface area contributed by atoms with E-state index in [-0.39, 0.29) is 0 Å². The van der Waals surface area contributed by atoms with E-state index >= 15 is 0 Å². The van der Waals surface area contributed by atoms with Crippen LogP contribution in [0.5, 0.6) is 0 Å². The van der Waals surface area contributed by atoms with Crippen molar-refractivity contribution in [1.29, 1.82) is 0 Å². The topological polar surface area (TPSA) is 57.5 Å². The summed E-state index contributed by atoms with van der Waals surface area (Å²) in [4.78, 5) is 14.3. The van der Waals surface area contributed by atoms with Gasteiger partial charge in [-0.15, -0.1) is 52.6 Å². The second kappa shape index (κ2) is 283. The monoisotopic (exact) mass is 190 g/mol. The molecule has 72 valence electrons. The third-order valence-electron chi connectivity index (χ3n) is 0. The van der Waals surface area contributed by atoms with E-state index in [1.165, 1.54) is 0 Å². The molecule has 0 amide bonds. The first-order chi connectivity index (χ1) is 5.73. The quantitative estimate of drug-likeness (QED) is 0.450. The highest BCUT2D eigenvalue weighted by atomic mass is 28.3. The molecular formula is C8H18O3Si. The van der Waals surface area contributed by atoms with Crippen LogP contribution in [0.4, 0.5) is 0 Å². The van der Waals surface area contributed by atoms with Crippen LogP contribution in [-0.2, 0) is 4.46 Å². The lowest BCUT2D eigenvalue weighted by molar-refractivity contribution is 0.330. The van der Waals surface area contributed by atoms with E-state index in [0.717, 1.165) is 0 Å². The largest absolute Gasteiger partial charge is 0.761 e. The van der Waals surface area contributed by atoms with Gasteiger partial charge < -0.3 is 9.59 Å². The first-order valence-electron chi connectivity index (χ1n) is 2.65. The normalized spacial score (nSPS) is 3.33. The number of rotatable bonds is 0. The van der Waals surface area contributed by atoms with Crippen molar-refractivity contribution in [3.8, 4) is 0 Å². The molecule has 0 aliphatic heterocycles. The molecule has 0 bridgehead atoms. The number of hydrogen-bond donors (Lipinski definition) is 2. The highest BCUT2D eigenvalue weighted by Gasteiger charge is 1.85. The minimum atomic E-state index is -3.13. The van der Waals surface area contributed by atoms with Crippen molar-refractivity contribution in [1.82, 2.24) is 0 Å². The van der Waals surface area contributed by atoms with Crippen LogP contribution in [0.2, 0.25) is 0 Å². The molecule has 0 aromatic heterocycles. The van der Waals surface area contributed by atoms with Gasteiger partial charge in [0.15, 0.2) is 0 Å². The predicted octanol–water partition coefficient (Wildman–Crippen LogP) is 1.60. The summed E-state index contributed by atoms with van der Waals surface area (Å²) in [6.45, 7) is 24.0. The molecule has 0 aromatic rings. The predicted molar refractivity (Wildman–Crippen MR) is 55.9 cm³/mol. The summed E-state index contributed by atoms with van der Waals surface area (Å²) in [5.41, 5.74) is 0. The lowest BCUT2D eigenvalue weighted by atomic mass is 11.3. The maximum Gasteiger partial charge on any atom is 0.761 e. The Bertz CT molecular complexity index is 64.7. The summed E-state index contributed by atoms with van der Waals surface area (Å²) in [5, 5.41) is 0. The maximum atomic E-state index is 8.74. The third-order valence-corrected chi connectivity index (χ3v) is 0. The second-order valence-electron chi connectivity index (χ2n) is 0.283. The highest BCUT2D eigenvalue weighted by Crippen LogP contribution is 1.27. The van der Waals surface area contributed by atoms with Crippen LogP contribution >= 0.6 is 0 Å². The smallest absolute Gasteiger partial charge is 0.511 e. The molecule has 0 fully saturated rings. The van der Waals surface area contributed by atoms with Gasteiger partial charge >= 0.3 is 9.17 Å². The molecule has 0 aliphatic carbocycles. The van der Waals surface area contributed by atoms with E-state index in [9.17, 15) is 0 Å². The van der Waals surface area contributed by atoms with Gasteiger partial charge in [-0.1, -0.05) is 0 Å². The fourth-order valence-corrected chi connectivity index (χ4v) is 0. The molecule has 0 aromatic carbocycles. The van der Waals surface area contributed by atoms with Crippen molar-refractivity contribution in [3.05, 3.63) is 52.6 Å². The molecule has 2 N–H and O–H groups in total. The van der Waals surface area contributed by atoms with Gasteiger partial charge in [0.05, 0.1) is 0 Å². The van der Waals surface area contributed by atoms with E-state index in [1.807, 2.05) is 0 Å². The third kappa shape index (κ3) is 243. The Morgan fingerprint density at radius 2 is 0.667 bits per heavy atom. The Labute approximate surface area is 76.6 Å². The molecule has 0 saturated carbocycles. The summed E-state index contributed by atoms with van der Waals surface area (Å²) in [7, 11) is -3.13. The van der Waals surface area contributed by atoms with E-state index in [0.29, 0.717) is 0 Å². The van der Waals surface area contributed by atoms with Crippen molar-refractivity contribution >= 4 is 9.17 Å². The van der Waals surface area contributed by atoms with Gasteiger partial charge in [0, 0.05) is 0 Å². The van der Waals surface area contributed by atoms with Crippen LogP contribution in [0.3, 0.4) is 0 Å². The molecule has 0 atom stereocenters. The molecule has 0 radical (unpaired) electrons. The molecule has 3 nitrogen and oxygen atoms in total. The average molecular weight is 190 g/mol. The van der Waals surface area contributed by atoms with E-state index < -0.39 is 9.17 Å². The van der Waals surface area contributed by atoms with Gasteiger partial charge in [0.25, 0.3) is 0 Å². The van der Waals surface area contributed by atoms with Crippen LogP contribution in [0, 0.1) is 0 Å². The van der Waals surface area contributed by atoms with Crippen LogP contribution in [-0.4, -0.2) is 18.8 Å². The lowest BCUT2D eigenvalue weighted by Crippen LogP contribution is -1.90. The van der Waals surface area contributed by atoms with Crippen LogP contribution in [0.1, 0.15) is 0 Å². The Morgan fingerprint density at radius 1 is 0.667 bits per heavy atom. The maximum absolute atomic E-state index is 8.74. The first kappa shape index (κ1) is 31.2. The van der Waals surface area contributed by atoms with Crippen molar-refractivity contribution in [3.63, 3.8) is 0 Å². The van der Waals surface area contributed by atoms with Crippen molar-refractivity contribution in [2.45, 2.75) is 0 Å². The van der Waals surface area contributed by atoms with Crippen LogP contribution in [0.15, 0.2) is 52.6 Å². The lowest BCUT2D eigenvalue weighted by Gasteiger charge is -1.55. The van der Waals surface area contributed by atoms with Crippen LogP contribution in [0.25, 0.3) is 0 Å². The number of hydrogen-bond acceptors (Lipinski definition) is 1. The molecular weight excluding hydrogens is 172 g/mol. The zero-order valence-electron chi connectivity index (χ0n) is 7.46. The van der Waals surface area contributed by atoms with Crippen molar-refractivity contribution in [2.24, 2.45) is 0 Å². The zero-order valence-corrected chi connectivity index (χ0v) is 8.46. The molecule has 4 heteroatoms. The molecule has 0 aliphatic rings. The van der Waals surface area contributed by atoms with Gasteiger partial charge in [-0.25, -0.2) is 0 Å². The average Bonchev–Trinajstić information content (AvgIpc) is 2.16. The summed E-state index contributed by atoms with van der Waals surface area (Å²) >= 11 is 0. The molecule has 0 rings (SSSR count). The summed E-state index contributed by atoms with van der Waals surface area (Å²) in [6.07, 6.45) is 0. The first-order valence-corrected chi connectivity index (χ1v) is 3.95. The SMILES string of the molecule is C=C.C=C.C=C.C=C.O=[Si](O)O. The van der Waals surface area contributed by atoms with E-state index in [1.54, 1.807) is 0 Å². The van der Waals surface area contributed by atoms with Crippen LogP contribution < -0.4 is 0 Å². The molecule has 0 spiro atoms. The Kier molecular flexibility index (Phi) is 736. The molecule has 0 heterocycles. The van der Waals surface area contributed by atoms with Gasteiger partial charge in [0.1, 0.15) is 0 Å². The second-order valence-corrected chi connectivity index (χ2v) is 0.848. The zero-order chi connectivity index (χ0) is 11.6. The molecule has 0 unspecified atom stereocenters. The fraction of sp³-hybridized carbons (Fsp3) is 0. The van der Waals surface area contributed by atoms with Gasteiger partial charge in [0.2, 0.25) is 0 Å². The molecule has 12 heavy (non-hydrogen) atoms. The fourth-order valence-electron chi connectivity index (χ4n) is 0.